The van der Waals surface area contributed by atoms with E-state index in [0.29, 0.717) is 0 Å². The molecule has 0 aromatic carbocycles. The SMILES string of the molecule is Cc1ncc2c(C)cc(Br)n2n1. The number of aromatic nitrogens is 3. The van der Waals surface area contributed by atoms with E-state index in [-0.39, 0.29) is 0 Å². The van der Waals surface area contributed by atoms with Gasteiger partial charge in [0.2, 0.25) is 0 Å². The molecule has 0 aliphatic heterocycles. The first-order valence-electron chi connectivity index (χ1n) is 3.66. The molecule has 3 nitrogen and oxygen atoms in total. The van der Waals surface area contributed by atoms with Crippen molar-refractivity contribution >= 4 is 21.4 Å². The van der Waals surface area contributed by atoms with E-state index in [4.69, 9.17) is 0 Å². The number of fused-ring (bicyclic) bond motifs is 1. The molecule has 0 fully saturated rings. The van der Waals surface area contributed by atoms with Crippen LogP contribution < -0.4 is 0 Å². The number of aryl methyl sites for hydroxylation is 2. The normalized spacial score (nSPS) is 10.9. The summed E-state index contributed by atoms with van der Waals surface area (Å²) in [6.45, 7) is 3.92. The van der Waals surface area contributed by atoms with Crippen LogP contribution >= 0.6 is 15.9 Å². The Labute approximate surface area is 78.6 Å². The monoisotopic (exact) mass is 225 g/mol. The highest BCUT2D eigenvalue weighted by Gasteiger charge is 2.04. The minimum atomic E-state index is 0.777. The summed E-state index contributed by atoms with van der Waals surface area (Å²) in [7, 11) is 0. The van der Waals surface area contributed by atoms with Crippen molar-refractivity contribution in [2.45, 2.75) is 13.8 Å². The van der Waals surface area contributed by atoms with Crippen LogP contribution in [0.5, 0.6) is 0 Å². The Kier molecular flexibility index (Phi) is 1.65. The van der Waals surface area contributed by atoms with E-state index in [2.05, 4.69) is 26.0 Å². The molecule has 0 amide bonds. The van der Waals surface area contributed by atoms with Crippen molar-refractivity contribution in [1.82, 2.24) is 14.6 Å². The molecule has 4 heteroatoms. The maximum absolute atomic E-state index is 4.25. The molecule has 0 aliphatic rings. The summed E-state index contributed by atoms with van der Waals surface area (Å²) in [6, 6.07) is 2.03. The Hall–Kier alpha value is -0.900. The van der Waals surface area contributed by atoms with E-state index < -0.39 is 0 Å². The number of rotatable bonds is 0. The van der Waals surface area contributed by atoms with Crippen molar-refractivity contribution in [2.24, 2.45) is 0 Å². The highest BCUT2D eigenvalue weighted by atomic mass is 79.9. The van der Waals surface area contributed by atoms with Crippen LogP contribution in [-0.4, -0.2) is 14.6 Å². The molecule has 0 saturated heterocycles. The number of halogens is 1. The second kappa shape index (κ2) is 2.55. The molecule has 2 heterocycles. The molecular weight excluding hydrogens is 218 g/mol. The second-order valence-electron chi connectivity index (χ2n) is 2.75. The fraction of sp³-hybridized carbons (Fsp3) is 0.250. The van der Waals surface area contributed by atoms with Gasteiger partial charge in [-0.15, -0.1) is 0 Å². The molecule has 0 unspecified atom stereocenters. The largest absolute Gasteiger partial charge is 0.238 e. The topological polar surface area (TPSA) is 30.2 Å². The van der Waals surface area contributed by atoms with Crippen LogP contribution in [0.3, 0.4) is 0 Å². The highest BCUT2D eigenvalue weighted by molar-refractivity contribution is 9.10. The van der Waals surface area contributed by atoms with Crippen LogP contribution in [0.25, 0.3) is 5.52 Å². The highest BCUT2D eigenvalue weighted by Crippen LogP contribution is 2.18. The maximum Gasteiger partial charge on any atom is 0.146 e. The average Bonchev–Trinajstić information content (AvgIpc) is 2.28. The first kappa shape index (κ1) is 7.73. The Bertz CT molecular complexity index is 433. The van der Waals surface area contributed by atoms with Crippen molar-refractivity contribution in [3.05, 3.63) is 28.3 Å². The number of hydrogen-bond donors (Lipinski definition) is 0. The molecule has 2 rings (SSSR count). The summed E-state index contributed by atoms with van der Waals surface area (Å²) in [5.74, 6) is 0.777. The summed E-state index contributed by atoms with van der Waals surface area (Å²) in [4.78, 5) is 4.13. The van der Waals surface area contributed by atoms with Crippen molar-refractivity contribution < 1.29 is 0 Å². The third-order valence-corrected chi connectivity index (χ3v) is 2.35. The van der Waals surface area contributed by atoms with Gasteiger partial charge in [0.05, 0.1) is 11.7 Å². The predicted octanol–water partition coefficient (Wildman–Crippen LogP) is 2.11. The van der Waals surface area contributed by atoms with Gasteiger partial charge < -0.3 is 0 Å². The van der Waals surface area contributed by atoms with Gasteiger partial charge in [0.15, 0.2) is 0 Å². The van der Waals surface area contributed by atoms with Crippen LogP contribution in [-0.2, 0) is 0 Å². The molecule has 0 bridgehead atoms. The van der Waals surface area contributed by atoms with E-state index in [0.717, 1.165) is 15.9 Å². The minimum absolute atomic E-state index is 0.777. The van der Waals surface area contributed by atoms with Crippen LogP contribution in [0.2, 0.25) is 0 Å². The number of hydrogen-bond acceptors (Lipinski definition) is 2. The molecule has 2 aromatic rings. The van der Waals surface area contributed by atoms with Crippen LogP contribution in [0.15, 0.2) is 16.9 Å². The molecule has 0 saturated carbocycles. The first-order valence-corrected chi connectivity index (χ1v) is 4.45. The van der Waals surface area contributed by atoms with E-state index in [1.165, 1.54) is 5.56 Å². The summed E-state index contributed by atoms with van der Waals surface area (Å²) in [6.07, 6.45) is 1.84. The quantitative estimate of drug-likeness (QED) is 0.688. The predicted molar refractivity (Wildman–Crippen MR) is 50.2 cm³/mol. The molecule has 0 radical (unpaired) electrons. The summed E-state index contributed by atoms with van der Waals surface area (Å²) < 4.78 is 2.82. The van der Waals surface area contributed by atoms with Gasteiger partial charge in [0.25, 0.3) is 0 Å². The minimum Gasteiger partial charge on any atom is -0.238 e. The van der Waals surface area contributed by atoms with Gasteiger partial charge in [-0.3, -0.25) is 0 Å². The molecule has 2 aromatic heterocycles. The van der Waals surface area contributed by atoms with E-state index >= 15 is 0 Å². The Morgan fingerprint density at radius 3 is 2.92 bits per heavy atom. The van der Waals surface area contributed by atoms with Crippen molar-refractivity contribution in [3.8, 4) is 0 Å². The lowest BCUT2D eigenvalue weighted by Crippen LogP contribution is -1.96. The Morgan fingerprint density at radius 2 is 2.17 bits per heavy atom. The Morgan fingerprint density at radius 1 is 1.42 bits per heavy atom. The molecule has 0 spiro atoms. The number of nitrogens with zero attached hydrogens (tertiary/aromatic N) is 3. The Balaban J connectivity index is 2.90. The molecule has 0 N–H and O–H groups in total. The summed E-state index contributed by atoms with van der Waals surface area (Å²) in [5, 5.41) is 4.25. The van der Waals surface area contributed by atoms with Gasteiger partial charge in [-0.2, -0.15) is 5.10 Å². The van der Waals surface area contributed by atoms with Crippen molar-refractivity contribution in [2.75, 3.05) is 0 Å². The third-order valence-electron chi connectivity index (χ3n) is 1.79. The van der Waals surface area contributed by atoms with Crippen LogP contribution in [0, 0.1) is 13.8 Å². The van der Waals surface area contributed by atoms with Crippen molar-refractivity contribution in [3.63, 3.8) is 0 Å². The fourth-order valence-electron chi connectivity index (χ4n) is 1.18. The lowest BCUT2D eigenvalue weighted by Gasteiger charge is -1.96. The third kappa shape index (κ3) is 1.03. The average molecular weight is 226 g/mol. The van der Waals surface area contributed by atoms with Gasteiger partial charge in [0.1, 0.15) is 10.4 Å². The first-order chi connectivity index (χ1) is 5.68. The lowest BCUT2D eigenvalue weighted by molar-refractivity contribution is 0.841. The second-order valence-corrected chi connectivity index (χ2v) is 3.57. The van der Waals surface area contributed by atoms with E-state index in [1.54, 1.807) is 0 Å². The van der Waals surface area contributed by atoms with Gasteiger partial charge in [-0.1, -0.05) is 0 Å². The zero-order valence-electron chi connectivity index (χ0n) is 6.87. The van der Waals surface area contributed by atoms with Crippen LogP contribution in [0.1, 0.15) is 11.4 Å². The zero-order chi connectivity index (χ0) is 8.72. The van der Waals surface area contributed by atoms with Gasteiger partial charge in [-0.25, -0.2) is 9.50 Å². The molecular formula is C8H8BrN3. The molecule has 12 heavy (non-hydrogen) atoms. The van der Waals surface area contributed by atoms with Crippen LogP contribution in [0.4, 0.5) is 0 Å². The molecule has 0 aliphatic carbocycles. The summed E-state index contributed by atoms with van der Waals surface area (Å²) >= 11 is 3.42. The zero-order valence-corrected chi connectivity index (χ0v) is 8.46. The van der Waals surface area contributed by atoms with Gasteiger partial charge >= 0.3 is 0 Å². The standard InChI is InChI=1S/C8H8BrN3/c1-5-3-8(9)12-7(5)4-10-6(2)11-12/h3-4H,1-2H3. The maximum atomic E-state index is 4.25. The van der Waals surface area contributed by atoms with E-state index in [9.17, 15) is 0 Å². The van der Waals surface area contributed by atoms with Gasteiger partial charge in [0, 0.05) is 0 Å². The fourth-order valence-corrected chi connectivity index (χ4v) is 1.79. The van der Waals surface area contributed by atoms with Crippen molar-refractivity contribution in [1.29, 1.82) is 0 Å². The smallest absolute Gasteiger partial charge is 0.146 e. The molecule has 0 atom stereocenters. The van der Waals surface area contributed by atoms with E-state index in [1.807, 2.05) is 30.6 Å². The molecule has 62 valence electrons. The summed E-state index contributed by atoms with van der Waals surface area (Å²) in [5.41, 5.74) is 2.23. The lowest BCUT2D eigenvalue weighted by atomic mass is 10.3. The van der Waals surface area contributed by atoms with Gasteiger partial charge in [-0.05, 0) is 41.4 Å².